The summed E-state index contributed by atoms with van der Waals surface area (Å²) in [4.78, 5) is 2.67. The number of nitrogens with two attached hydrogens (primary N) is 1. The second-order valence-electron chi connectivity index (χ2n) is 10.8. The Kier molecular flexibility index (Phi) is 7.60. The van der Waals surface area contributed by atoms with E-state index in [0.717, 1.165) is 38.9 Å². The van der Waals surface area contributed by atoms with Crippen molar-refractivity contribution in [2.24, 2.45) is 5.73 Å². The summed E-state index contributed by atoms with van der Waals surface area (Å²) in [7, 11) is 0. The molecule has 0 unspecified atom stereocenters. The predicted molar refractivity (Wildman–Crippen MR) is 156 cm³/mol. The van der Waals surface area contributed by atoms with E-state index < -0.39 is 0 Å². The van der Waals surface area contributed by atoms with Crippen molar-refractivity contribution in [3.8, 4) is 0 Å². The van der Waals surface area contributed by atoms with Crippen molar-refractivity contribution >= 4 is 0 Å². The van der Waals surface area contributed by atoms with Gasteiger partial charge in [0.15, 0.2) is 0 Å². The van der Waals surface area contributed by atoms with Gasteiger partial charge in [0.05, 0.1) is 0 Å². The molecule has 0 saturated carbocycles. The maximum Gasteiger partial charge on any atom is 0.0466 e. The molecule has 4 aromatic carbocycles. The molecule has 0 atom stereocenters. The number of likely N-dealkylation sites (tertiary alicyclic amines) is 1. The highest BCUT2D eigenvalue weighted by Crippen LogP contribution is 2.44. The minimum atomic E-state index is -0.208. The molecule has 1 fully saturated rings. The van der Waals surface area contributed by atoms with Crippen LogP contribution in [0.5, 0.6) is 0 Å². The molecule has 1 aliphatic heterocycles. The highest BCUT2D eigenvalue weighted by molar-refractivity contribution is 5.54. The van der Waals surface area contributed by atoms with Crippen LogP contribution in [-0.2, 0) is 10.8 Å². The van der Waals surface area contributed by atoms with E-state index >= 15 is 0 Å². The van der Waals surface area contributed by atoms with Crippen LogP contribution in [0.2, 0.25) is 0 Å². The Morgan fingerprint density at radius 3 is 1.78 bits per heavy atom. The Bertz CT molecular complexity index is 1230. The molecule has 1 saturated heterocycles. The second-order valence-corrected chi connectivity index (χ2v) is 10.8. The first-order valence-corrected chi connectivity index (χ1v) is 13.7. The summed E-state index contributed by atoms with van der Waals surface area (Å²) >= 11 is 0. The van der Waals surface area contributed by atoms with E-state index in [1.54, 1.807) is 0 Å². The van der Waals surface area contributed by atoms with Gasteiger partial charge in [-0.15, -0.1) is 0 Å². The maximum atomic E-state index is 6.40. The molecule has 1 heterocycles. The first-order valence-electron chi connectivity index (χ1n) is 13.7. The smallest absolute Gasteiger partial charge is 0.0466 e. The van der Waals surface area contributed by atoms with E-state index in [4.69, 9.17) is 5.73 Å². The van der Waals surface area contributed by atoms with Crippen molar-refractivity contribution in [3.05, 3.63) is 143 Å². The normalized spacial score (nSPS) is 16.0. The number of piperidine rings is 1. The van der Waals surface area contributed by atoms with E-state index in [2.05, 4.69) is 128 Å². The molecule has 2 nitrogen and oxygen atoms in total. The van der Waals surface area contributed by atoms with Gasteiger partial charge in [0.2, 0.25) is 0 Å². The van der Waals surface area contributed by atoms with E-state index in [-0.39, 0.29) is 10.8 Å². The number of aryl methyl sites for hydroxylation is 1. The third-order valence-electron chi connectivity index (χ3n) is 8.99. The van der Waals surface area contributed by atoms with Crippen LogP contribution in [0.15, 0.2) is 109 Å². The summed E-state index contributed by atoms with van der Waals surface area (Å²) < 4.78 is 0. The fraction of sp³-hybridized carbons (Fsp3) is 0.314. The van der Waals surface area contributed by atoms with Gasteiger partial charge in [0, 0.05) is 17.4 Å². The Morgan fingerprint density at radius 2 is 1.24 bits per heavy atom. The number of hydrogen-bond donors (Lipinski definition) is 1. The minimum Gasteiger partial charge on any atom is -0.330 e. The lowest BCUT2D eigenvalue weighted by atomic mass is 9.65. The zero-order valence-electron chi connectivity index (χ0n) is 22.4. The molecule has 4 aromatic rings. The second kappa shape index (κ2) is 11.0. The highest BCUT2D eigenvalue weighted by atomic mass is 15.1. The number of benzene rings is 4. The molecular formula is C35H40N2. The average molecular weight is 489 g/mol. The van der Waals surface area contributed by atoms with Gasteiger partial charge < -0.3 is 10.6 Å². The van der Waals surface area contributed by atoms with E-state index in [1.165, 1.54) is 33.4 Å². The lowest BCUT2D eigenvalue weighted by molar-refractivity contribution is 0.155. The molecule has 1 aliphatic rings. The minimum absolute atomic E-state index is 0.0981. The zero-order valence-corrected chi connectivity index (χ0v) is 22.4. The van der Waals surface area contributed by atoms with Crippen LogP contribution < -0.4 is 5.73 Å². The molecule has 0 aliphatic carbocycles. The quantitative estimate of drug-likeness (QED) is 0.270. The van der Waals surface area contributed by atoms with Gasteiger partial charge in [-0.3, -0.25) is 0 Å². The van der Waals surface area contributed by atoms with Crippen LogP contribution in [0.1, 0.15) is 52.6 Å². The van der Waals surface area contributed by atoms with Crippen LogP contribution in [0.25, 0.3) is 0 Å². The summed E-state index contributed by atoms with van der Waals surface area (Å²) in [5.41, 5.74) is 14.6. The average Bonchev–Trinajstić information content (AvgIpc) is 2.97. The first-order chi connectivity index (χ1) is 18.1. The zero-order chi connectivity index (χ0) is 25.7. The van der Waals surface area contributed by atoms with E-state index in [9.17, 15) is 0 Å². The fourth-order valence-electron chi connectivity index (χ4n) is 6.49. The largest absolute Gasteiger partial charge is 0.330 e. The lowest BCUT2D eigenvalue weighted by Gasteiger charge is -2.44. The van der Waals surface area contributed by atoms with Crippen molar-refractivity contribution in [1.82, 2.24) is 4.90 Å². The molecule has 5 rings (SSSR count). The molecule has 2 heteroatoms. The molecule has 0 aromatic heterocycles. The van der Waals surface area contributed by atoms with E-state index in [0.29, 0.717) is 6.54 Å². The fourth-order valence-corrected chi connectivity index (χ4v) is 6.49. The summed E-state index contributed by atoms with van der Waals surface area (Å²) in [5.74, 6) is 0. The van der Waals surface area contributed by atoms with Crippen LogP contribution >= 0.6 is 0 Å². The van der Waals surface area contributed by atoms with Crippen molar-refractivity contribution < 1.29 is 0 Å². The van der Waals surface area contributed by atoms with Crippen molar-refractivity contribution in [1.29, 1.82) is 0 Å². The Morgan fingerprint density at radius 1 is 0.703 bits per heavy atom. The van der Waals surface area contributed by atoms with Gasteiger partial charge >= 0.3 is 0 Å². The van der Waals surface area contributed by atoms with Gasteiger partial charge in [0.25, 0.3) is 0 Å². The third kappa shape index (κ3) is 4.89. The molecular weight excluding hydrogens is 448 g/mol. The van der Waals surface area contributed by atoms with E-state index in [1.807, 2.05) is 0 Å². The number of hydrogen-bond acceptors (Lipinski definition) is 2. The Labute approximate surface area is 223 Å². The van der Waals surface area contributed by atoms with Crippen LogP contribution in [0, 0.1) is 13.8 Å². The SMILES string of the molecule is Cc1cccc(C(CCN2CCC(CN)(c3ccccc3)CC2)(c2ccccc2)c2ccccc2)c1C. The third-order valence-corrected chi connectivity index (χ3v) is 8.99. The molecule has 190 valence electrons. The summed E-state index contributed by atoms with van der Waals surface area (Å²) in [6, 6.07) is 40.0. The lowest BCUT2D eigenvalue weighted by Crippen LogP contribution is -2.48. The van der Waals surface area contributed by atoms with Crippen molar-refractivity contribution in [2.45, 2.75) is 43.9 Å². The molecule has 0 bridgehead atoms. The number of nitrogens with zero attached hydrogens (tertiary/aromatic N) is 1. The van der Waals surface area contributed by atoms with Gasteiger partial charge in [0.1, 0.15) is 0 Å². The van der Waals surface area contributed by atoms with Crippen LogP contribution in [0.4, 0.5) is 0 Å². The Hall–Kier alpha value is -3.20. The van der Waals surface area contributed by atoms with Gasteiger partial charge in [-0.1, -0.05) is 109 Å². The van der Waals surface area contributed by atoms with Crippen LogP contribution in [-0.4, -0.2) is 31.1 Å². The summed E-state index contributed by atoms with van der Waals surface area (Å²) in [6.45, 7) is 8.46. The van der Waals surface area contributed by atoms with Gasteiger partial charge in [-0.05, 0) is 86.1 Å². The maximum absolute atomic E-state index is 6.40. The first kappa shape index (κ1) is 25.4. The van der Waals surface area contributed by atoms with Gasteiger partial charge in [-0.2, -0.15) is 0 Å². The predicted octanol–water partition coefficient (Wildman–Crippen LogP) is 7.02. The van der Waals surface area contributed by atoms with Crippen molar-refractivity contribution in [3.63, 3.8) is 0 Å². The topological polar surface area (TPSA) is 29.3 Å². The van der Waals surface area contributed by atoms with Gasteiger partial charge in [-0.25, -0.2) is 0 Å². The highest BCUT2D eigenvalue weighted by Gasteiger charge is 2.39. The molecule has 0 amide bonds. The monoisotopic (exact) mass is 488 g/mol. The standard InChI is InChI=1S/C35H40N2/c1-28-13-12-20-33(29(28)2)35(31-16-8-4-9-17-31,32-18-10-5-11-19-32)23-26-37-24-21-34(27-36,22-25-37)30-14-6-3-7-15-30/h3-20H,21-27,36H2,1-2H3. The molecule has 37 heavy (non-hydrogen) atoms. The summed E-state index contributed by atoms with van der Waals surface area (Å²) in [5, 5.41) is 0. The molecule has 0 radical (unpaired) electrons. The van der Waals surface area contributed by atoms with Crippen LogP contribution in [0.3, 0.4) is 0 Å². The van der Waals surface area contributed by atoms with Crippen molar-refractivity contribution in [2.75, 3.05) is 26.2 Å². The summed E-state index contributed by atoms with van der Waals surface area (Å²) in [6.07, 6.45) is 3.26. The number of rotatable bonds is 8. The Balaban J connectivity index is 1.49. The molecule has 0 spiro atoms. The molecule has 2 N–H and O–H groups in total.